The van der Waals surface area contributed by atoms with Gasteiger partial charge in [-0.05, 0) is 32.0 Å². The van der Waals surface area contributed by atoms with Crippen LogP contribution in [0, 0.1) is 11.3 Å². The van der Waals surface area contributed by atoms with Crippen LogP contribution >= 0.6 is 0 Å². The Morgan fingerprint density at radius 1 is 1.42 bits per heavy atom. The van der Waals surface area contributed by atoms with Gasteiger partial charge in [0.05, 0.1) is 11.1 Å². The normalized spacial score (nSPS) is 22.3. The van der Waals surface area contributed by atoms with Crippen LogP contribution in [0.25, 0.3) is 10.9 Å². The van der Waals surface area contributed by atoms with E-state index in [-0.39, 0.29) is 5.54 Å². The van der Waals surface area contributed by atoms with Crippen molar-refractivity contribution in [1.29, 1.82) is 5.26 Å². The molecule has 0 bridgehead atoms. The van der Waals surface area contributed by atoms with E-state index in [1.165, 1.54) is 0 Å². The molecule has 0 spiro atoms. The molecule has 1 aliphatic heterocycles. The van der Waals surface area contributed by atoms with E-state index >= 15 is 0 Å². The van der Waals surface area contributed by atoms with Crippen LogP contribution in [0.5, 0.6) is 0 Å². The van der Waals surface area contributed by atoms with Crippen molar-refractivity contribution in [2.45, 2.75) is 18.9 Å². The summed E-state index contributed by atoms with van der Waals surface area (Å²) in [6.45, 7) is 4.05. The molecule has 1 aliphatic rings. The van der Waals surface area contributed by atoms with Gasteiger partial charge in [0.25, 0.3) is 0 Å². The molecule has 1 saturated heterocycles. The van der Waals surface area contributed by atoms with E-state index in [9.17, 15) is 5.26 Å². The largest absolute Gasteiger partial charge is 0.362 e. The summed E-state index contributed by atoms with van der Waals surface area (Å²) in [5.74, 6) is 0.687. The minimum Gasteiger partial charge on any atom is -0.362 e. The minimum absolute atomic E-state index is 0.0267. The summed E-state index contributed by atoms with van der Waals surface area (Å²) >= 11 is 0. The van der Waals surface area contributed by atoms with Gasteiger partial charge in [-0.2, -0.15) is 5.26 Å². The number of benzene rings is 1. The molecule has 1 atom stereocenters. The van der Waals surface area contributed by atoms with Crippen LogP contribution in [-0.2, 0) is 0 Å². The molecule has 1 fully saturated rings. The second-order valence-electron chi connectivity index (χ2n) is 5.30. The Morgan fingerprint density at radius 2 is 2.26 bits per heavy atom. The van der Waals surface area contributed by atoms with Crippen molar-refractivity contribution in [3.63, 3.8) is 0 Å². The van der Waals surface area contributed by atoms with Gasteiger partial charge in [0.15, 0.2) is 0 Å². The number of hydrogen-bond acceptors (Lipinski definition) is 4. The fraction of sp³-hybridized carbons (Fsp3) is 0.333. The van der Waals surface area contributed by atoms with Gasteiger partial charge in [-0.15, -0.1) is 0 Å². The summed E-state index contributed by atoms with van der Waals surface area (Å²) in [4.78, 5) is 4.59. The fourth-order valence-electron chi connectivity index (χ4n) is 2.51. The molecule has 4 heteroatoms. The number of rotatable bonds is 2. The van der Waals surface area contributed by atoms with E-state index < -0.39 is 0 Å². The lowest BCUT2D eigenvalue weighted by Gasteiger charge is -2.25. The van der Waals surface area contributed by atoms with Gasteiger partial charge >= 0.3 is 0 Å². The molecule has 1 unspecified atom stereocenters. The van der Waals surface area contributed by atoms with Gasteiger partial charge in [-0.25, -0.2) is 4.98 Å². The van der Waals surface area contributed by atoms with Gasteiger partial charge in [0.2, 0.25) is 0 Å². The second kappa shape index (κ2) is 4.52. The molecule has 1 aromatic carbocycles. The van der Waals surface area contributed by atoms with Crippen molar-refractivity contribution in [2.75, 3.05) is 18.4 Å². The molecule has 96 valence electrons. The number of nitrogens with zero attached hydrogens (tertiary/aromatic N) is 2. The molecule has 0 amide bonds. The highest BCUT2D eigenvalue weighted by atomic mass is 15.1. The highest BCUT2D eigenvalue weighted by Gasteiger charge is 2.29. The molecule has 2 N–H and O–H groups in total. The number of nitriles is 1. The van der Waals surface area contributed by atoms with Crippen molar-refractivity contribution in [3.8, 4) is 6.07 Å². The Bertz CT molecular complexity index is 651. The summed E-state index contributed by atoms with van der Waals surface area (Å²) in [6, 6.07) is 12.0. The van der Waals surface area contributed by atoms with Crippen molar-refractivity contribution < 1.29 is 0 Å². The van der Waals surface area contributed by atoms with E-state index in [0.717, 1.165) is 30.4 Å². The second-order valence-corrected chi connectivity index (χ2v) is 5.30. The zero-order valence-electron chi connectivity index (χ0n) is 10.9. The van der Waals surface area contributed by atoms with E-state index in [0.29, 0.717) is 11.4 Å². The van der Waals surface area contributed by atoms with Gasteiger partial charge in [0.1, 0.15) is 11.9 Å². The zero-order valence-corrected chi connectivity index (χ0v) is 10.9. The predicted molar refractivity (Wildman–Crippen MR) is 76.0 cm³/mol. The smallest absolute Gasteiger partial charge is 0.145 e. The maximum Gasteiger partial charge on any atom is 0.145 e. The third-order valence-corrected chi connectivity index (χ3v) is 3.63. The van der Waals surface area contributed by atoms with Crippen LogP contribution < -0.4 is 10.6 Å². The summed E-state index contributed by atoms with van der Waals surface area (Å²) in [5, 5.41) is 17.1. The number of pyridine rings is 1. The molecular weight excluding hydrogens is 236 g/mol. The average molecular weight is 252 g/mol. The topological polar surface area (TPSA) is 60.7 Å². The van der Waals surface area contributed by atoms with Crippen LogP contribution in [0.4, 0.5) is 5.82 Å². The van der Waals surface area contributed by atoms with Crippen LogP contribution in [0.3, 0.4) is 0 Å². The molecular formula is C15H16N4. The Labute approximate surface area is 112 Å². The standard InChI is InChI=1S/C15H16N4/c1-15(6-7-17-10-15)19-14-12(9-16)8-11-4-2-3-5-13(11)18-14/h2-5,8,17H,6-7,10H2,1H3,(H,18,19). The van der Waals surface area contributed by atoms with Crippen LogP contribution in [0.15, 0.2) is 30.3 Å². The van der Waals surface area contributed by atoms with Gasteiger partial charge in [0, 0.05) is 17.5 Å². The molecule has 3 rings (SSSR count). The number of fused-ring (bicyclic) bond motifs is 1. The number of hydrogen-bond donors (Lipinski definition) is 2. The lowest BCUT2D eigenvalue weighted by atomic mass is 10.0. The molecule has 19 heavy (non-hydrogen) atoms. The summed E-state index contributed by atoms with van der Waals surface area (Å²) in [5.41, 5.74) is 1.49. The van der Waals surface area contributed by atoms with Crippen LogP contribution in [0.2, 0.25) is 0 Å². The third kappa shape index (κ3) is 2.25. The highest BCUT2D eigenvalue weighted by Crippen LogP contribution is 2.25. The maximum absolute atomic E-state index is 9.29. The molecule has 0 saturated carbocycles. The maximum atomic E-state index is 9.29. The lowest BCUT2D eigenvalue weighted by molar-refractivity contribution is 0.564. The fourth-order valence-corrected chi connectivity index (χ4v) is 2.51. The Kier molecular flexibility index (Phi) is 2.84. The monoisotopic (exact) mass is 252 g/mol. The highest BCUT2D eigenvalue weighted by molar-refractivity contribution is 5.82. The summed E-state index contributed by atoms with van der Waals surface area (Å²) in [7, 11) is 0. The first-order valence-corrected chi connectivity index (χ1v) is 6.49. The summed E-state index contributed by atoms with van der Waals surface area (Å²) < 4.78 is 0. The van der Waals surface area contributed by atoms with Crippen molar-refractivity contribution in [2.24, 2.45) is 0 Å². The SMILES string of the molecule is CC1(Nc2nc3ccccc3cc2C#N)CCNC1. The van der Waals surface area contributed by atoms with Gasteiger partial charge in [-0.1, -0.05) is 18.2 Å². The predicted octanol–water partition coefficient (Wildman–Crippen LogP) is 2.27. The van der Waals surface area contributed by atoms with Crippen LogP contribution in [0.1, 0.15) is 18.9 Å². The van der Waals surface area contributed by atoms with Crippen molar-refractivity contribution in [1.82, 2.24) is 10.3 Å². The molecule has 2 heterocycles. The van der Waals surface area contributed by atoms with E-state index in [4.69, 9.17) is 0 Å². The van der Waals surface area contributed by atoms with Gasteiger partial charge in [-0.3, -0.25) is 0 Å². The molecule has 4 nitrogen and oxygen atoms in total. The average Bonchev–Trinajstić information content (AvgIpc) is 2.84. The lowest BCUT2D eigenvalue weighted by Crippen LogP contribution is -2.37. The molecule has 0 radical (unpaired) electrons. The number of nitrogens with one attached hydrogen (secondary N) is 2. The molecule has 2 aromatic rings. The first-order chi connectivity index (χ1) is 9.20. The Morgan fingerprint density at radius 3 is 3.00 bits per heavy atom. The molecule has 0 aliphatic carbocycles. The Hall–Kier alpha value is -2.12. The first kappa shape index (κ1) is 11.9. The quantitative estimate of drug-likeness (QED) is 0.860. The van der Waals surface area contributed by atoms with Gasteiger partial charge < -0.3 is 10.6 Å². The Balaban J connectivity index is 2.04. The number of anilines is 1. The molecule has 1 aromatic heterocycles. The minimum atomic E-state index is -0.0267. The van der Waals surface area contributed by atoms with Crippen LogP contribution in [-0.4, -0.2) is 23.6 Å². The first-order valence-electron chi connectivity index (χ1n) is 6.49. The number of para-hydroxylation sites is 1. The van der Waals surface area contributed by atoms with E-state index in [1.54, 1.807) is 0 Å². The summed E-state index contributed by atoms with van der Waals surface area (Å²) in [6.07, 6.45) is 1.03. The number of aromatic nitrogens is 1. The van der Waals surface area contributed by atoms with Crippen molar-refractivity contribution in [3.05, 3.63) is 35.9 Å². The third-order valence-electron chi connectivity index (χ3n) is 3.63. The van der Waals surface area contributed by atoms with E-state index in [2.05, 4.69) is 28.6 Å². The van der Waals surface area contributed by atoms with E-state index in [1.807, 2.05) is 30.3 Å². The zero-order chi connectivity index (χ0) is 13.3. The van der Waals surface area contributed by atoms with Crippen molar-refractivity contribution >= 4 is 16.7 Å².